The van der Waals surface area contributed by atoms with Crippen LogP contribution < -0.4 is 5.32 Å². The lowest BCUT2D eigenvalue weighted by molar-refractivity contribution is 0.0822. The van der Waals surface area contributed by atoms with E-state index in [-0.39, 0.29) is 17.5 Å². The number of rotatable bonds is 5. The summed E-state index contributed by atoms with van der Waals surface area (Å²) >= 11 is 0. The minimum absolute atomic E-state index is 0.226. The Hall–Kier alpha value is -3.42. The highest BCUT2D eigenvalue weighted by atomic mass is 16.2. The third kappa shape index (κ3) is 4.21. The normalized spacial score (nSPS) is 10.8. The van der Waals surface area contributed by atoms with Crippen molar-refractivity contribution in [3.05, 3.63) is 64.2 Å². The predicted molar refractivity (Wildman–Crippen MR) is 111 cm³/mol. The quantitative estimate of drug-likeness (QED) is 0.721. The molecule has 2 amide bonds. The monoisotopic (exact) mass is 394 g/mol. The van der Waals surface area contributed by atoms with E-state index in [2.05, 4.69) is 15.5 Å². The van der Waals surface area contributed by atoms with Crippen LogP contribution in [-0.2, 0) is 13.6 Å². The molecule has 0 aliphatic rings. The zero-order valence-electron chi connectivity index (χ0n) is 17.6. The van der Waals surface area contributed by atoms with Gasteiger partial charge in [-0.2, -0.15) is 10.2 Å². The van der Waals surface area contributed by atoms with E-state index in [1.807, 2.05) is 43.7 Å². The largest absolute Gasteiger partial charge is 0.343 e. The molecule has 3 aromatic rings. The fourth-order valence-electron chi connectivity index (χ4n) is 3.07. The van der Waals surface area contributed by atoms with Gasteiger partial charge in [0.2, 0.25) is 0 Å². The first-order chi connectivity index (χ1) is 13.7. The van der Waals surface area contributed by atoms with E-state index in [1.54, 1.807) is 38.0 Å². The summed E-state index contributed by atoms with van der Waals surface area (Å²) in [5, 5.41) is 11.6. The van der Waals surface area contributed by atoms with Gasteiger partial charge in [-0.3, -0.25) is 19.0 Å². The Balaban J connectivity index is 1.78. The summed E-state index contributed by atoms with van der Waals surface area (Å²) in [7, 11) is 5.05. The number of benzene rings is 1. The molecule has 8 nitrogen and oxygen atoms in total. The van der Waals surface area contributed by atoms with E-state index in [4.69, 9.17) is 0 Å². The molecule has 0 unspecified atom stereocenters. The van der Waals surface area contributed by atoms with Crippen molar-refractivity contribution in [2.45, 2.75) is 27.3 Å². The van der Waals surface area contributed by atoms with Crippen LogP contribution in [0, 0.1) is 20.8 Å². The van der Waals surface area contributed by atoms with Crippen LogP contribution in [0.15, 0.2) is 30.3 Å². The van der Waals surface area contributed by atoms with Gasteiger partial charge in [0.15, 0.2) is 5.69 Å². The lowest BCUT2D eigenvalue weighted by Crippen LogP contribution is -2.24. The van der Waals surface area contributed by atoms with Crippen LogP contribution in [-0.4, -0.2) is 50.4 Å². The second kappa shape index (κ2) is 7.90. The summed E-state index contributed by atoms with van der Waals surface area (Å²) in [6.07, 6.45) is 0. The van der Waals surface area contributed by atoms with Crippen LogP contribution in [0.25, 0.3) is 0 Å². The minimum Gasteiger partial charge on any atom is -0.343 e. The maximum Gasteiger partial charge on any atom is 0.276 e. The Labute approximate surface area is 170 Å². The lowest BCUT2D eigenvalue weighted by atomic mass is 10.1. The average molecular weight is 394 g/mol. The molecule has 2 aromatic heterocycles. The van der Waals surface area contributed by atoms with Gasteiger partial charge in [-0.1, -0.05) is 12.1 Å². The number of nitrogens with zero attached hydrogens (tertiary/aromatic N) is 5. The Kier molecular flexibility index (Phi) is 5.54. The first kappa shape index (κ1) is 20.3. The molecule has 0 spiro atoms. The predicted octanol–water partition coefficient (Wildman–Crippen LogP) is 2.54. The third-order valence-corrected chi connectivity index (χ3v) is 4.83. The SMILES string of the molecule is Cc1cc(C)n(Cc2ccc(C(=O)Nc3c(C(=O)N(C)C)nn(C)c3C)cc2)n1. The van der Waals surface area contributed by atoms with E-state index >= 15 is 0 Å². The standard InChI is InChI=1S/C21H26N6O2/c1-13-11-14(2)27(23-13)12-16-7-9-17(10-8-16)20(28)22-18-15(3)26(6)24-19(18)21(29)25(4)5/h7-11H,12H2,1-6H3,(H,22,28). The van der Waals surface area contributed by atoms with Gasteiger partial charge in [-0.25, -0.2) is 0 Å². The number of carbonyl (C=O) groups excluding carboxylic acids is 2. The number of hydrogen-bond donors (Lipinski definition) is 1. The summed E-state index contributed by atoms with van der Waals surface area (Å²) in [6.45, 7) is 6.44. The molecule has 0 fully saturated rings. The smallest absolute Gasteiger partial charge is 0.276 e. The minimum atomic E-state index is -0.286. The molecule has 1 aromatic carbocycles. The first-order valence-corrected chi connectivity index (χ1v) is 9.34. The molecule has 0 saturated heterocycles. The Morgan fingerprint density at radius 3 is 2.28 bits per heavy atom. The Morgan fingerprint density at radius 1 is 1.07 bits per heavy atom. The molecule has 8 heteroatoms. The van der Waals surface area contributed by atoms with Gasteiger partial charge >= 0.3 is 0 Å². The van der Waals surface area contributed by atoms with Crippen molar-refractivity contribution < 1.29 is 9.59 Å². The highest BCUT2D eigenvalue weighted by molar-refractivity contribution is 6.08. The third-order valence-electron chi connectivity index (χ3n) is 4.83. The van der Waals surface area contributed by atoms with Crippen LogP contribution in [0.2, 0.25) is 0 Å². The molecule has 0 aliphatic carbocycles. The second-order valence-electron chi connectivity index (χ2n) is 7.37. The van der Waals surface area contributed by atoms with Gasteiger partial charge in [-0.15, -0.1) is 0 Å². The van der Waals surface area contributed by atoms with Crippen molar-refractivity contribution in [2.24, 2.45) is 7.05 Å². The van der Waals surface area contributed by atoms with Crippen molar-refractivity contribution in [1.82, 2.24) is 24.5 Å². The van der Waals surface area contributed by atoms with Crippen LogP contribution in [0.1, 0.15) is 43.5 Å². The van der Waals surface area contributed by atoms with Gasteiger partial charge in [0, 0.05) is 32.4 Å². The van der Waals surface area contributed by atoms with E-state index in [0.29, 0.717) is 23.5 Å². The van der Waals surface area contributed by atoms with Crippen LogP contribution >= 0.6 is 0 Å². The van der Waals surface area contributed by atoms with Crippen LogP contribution in [0.5, 0.6) is 0 Å². The van der Waals surface area contributed by atoms with Crippen molar-refractivity contribution in [1.29, 1.82) is 0 Å². The van der Waals surface area contributed by atoms with Gasteiger partial charge in [0.1, 0.15) is 0 Å². The van der Waals surface area contributed by atoms with Gasteiger partial charge in [-0.05, 0) is 44.5 Å². The molecular formula is C21H26N6O2. The Bertz CT molecular complexity index is 1060. The van der Waals surface area contributed by atoms with Crippen molar-refractivity contribution in [3.63, 3.8) is 0 Å². The molecule has 0 aliphatic heterocycles. The number of aromatic nitrogens is 4. The molecule has 3 rings (SSSR count). The first-order valence-electron chi connectivity index (χ1n) is 9.34. The Morgan fingerprint density at radius 2 is 1.72 bits per heavy atom. The summed E-state index contributed by atoms with van der Waals surface area (Å²) < 4.78 is 3.52. The number of aryl methyl sites for hydroxylation is 3. The summed E-state index contributed by atoms with van der Waals surface area (Å²) in [6, 6.07) is 9.40. The van der Waals surface area contributed by atoms with Crippen molar-refractivity contribution in [3.8, 4) is 0 Å². The molecule has 152 valence electrons. The van der Waals surface area contributed by atoms with Crippen molar-refractivity contribution in [2.75, 3.05) is 19.4 Å². The van der Waals surface area contributed by atoms with E-state index in [9.17, 15) is 9.59 Å². The summed E-state index contributed by atoms with van der Waals surface area (Å²) in [4.78, 5) is 26.6. The molecule has 2 heterocycles. The molecule has 0 radical (unpaired) electrons. The van der Waals surface area contributed by atoms with Crippen molar-refractivity contribution >= 4 is 17.5 Å². The highest BCUT2D eigenvalue weighted by Crippen LogP contribution is 2.22. The maximum absolute atomic E-state index is 12.8. The van der Waals surface area contributed by atoms with Crippen LogP contribution in [0.4, 0.5) is 5.69 Å². The topological polar surface area (TPSA) is 85.0 Å². The maximum atomic E-state index is 12.8. The number of hydrogen-bond acceptors (Lipinski definition) is 4. The zero-order chi connectivity index (χ0) is 21.3. The second-order valence-corrected chi connectivity index (χ2v) is 7.37. The fraction of sp³-hybridized carbons (Fsp3) is 0.333. The number of carbonyl (C=O) groups is 2. The highest BCUT2D eigenvalue weighted by Gasteiger charge is 2.23. The average Bonchev–Trinajstić information content (AvgIpc) is 3.13. The van der Waals surface area contributed by atoms with E-state index in [0.717, 1.165) is 17.0 Å². The fourth-order valence-corrected chi connectivity index (χ4v) is 3.07. The summed E-state index contributed by atoms with van der Waals surface area (Å²) in [5.74, 6) is -0.546. The number of nitrogens with one attached hydrogen (secondary N) is 1. The molecule has 29 heavy (non-hydrogen) atoms. The molecule has 0 bridgehead atoms. The number of amides is 2. The molecule has 0 atom stereocenters. The molecule has 1 N–H and O–H groups in total. The zero-order valence-corrected chi connectivity index (χ0v) is 17.6. The van der Waals surface area contributed by atoms with Gasteiger partial charge < -0.3 is 10.2 Å². The van der Waals surface area contributed by atoms with E-state index < -0.39 is 0 Å². The van der Waals surface area contributed by atoms with Gasteiger partial charge in [0.05, 0.1) is 23.6 Å². The lowest BCUT2D eigenvalue weighted by Gasteiger charge is -2.11. The number of anilines is 1. The summed E-state index contributed by atoms with van der Waals surface area (Å²) in [5.41, 5.74) is 5.00. The van der Waals surface area contributed by atoms with E-state index in [1.165, 1.54) is 4.90 Å². The van der Waals surface area contributed by atoms with Gasteiger partial charge in [0.25, 0.3) is 11.8 Å². The molecule has 0 saturated carbocycles. The van der Waals surface area contributed by atoms with Crippen LogP contribution in [0.3, 0.4) is 0 Å². The molecular weight excluding hydrogens is 368 g/mol.